The van der Waals surface area contributed by atoms with Crippen LogP contribution in [-0.4, -0.2) is 26.5 Å². The van der Waals surface area contributed by atoms with Crippen LogP contribution in [0, 0.1) is 0 Å². The Morgan fingerprint density at radius 2 is 2.23 bits per heavy atom. The summed E-state index contributed by atoms with van der Waals surface area (Å²) in [7, 11) is 0. The van der Waals surface area contributed by atoms with Crippen molar-refractivity contribution in [3.05, 3.63) is 30.3 Å². The normalized spacial score (nSPS) is 18.6. The summed E-state index contributed by atoms with van der Waals surface area (Å²) < 4.78 is 13.0. The minimum atomic E-state index is -0.0498. The fourth-order valence-corrected chi connectivity index (χ4v) is 2.84. The summed E-state index contributed by atoms with van der Waals surface area (Å²) in [6.45, 7) is 4.99. The van der Waals surface area contributed by atoms with E-state index in [-0.39, 0.29) is 6.10 Å². The molecule has 3 heterocycles. The van der Waals surface area contributed by atoms with Gasteiger partial charge in [-0.1, -0.05) is 17.3 Å². The van der Waals surface area contributed by atoms with Gasteiger partial charge < -0.3 is 9.26 Å². The van der Waals surface area contributed by atoms with Gasteiger partial charge in [-0.3, -0.25) is 4.68 Å². The van der Waals surface area contributed by atoms with Gasteiger partial charge in [0.1, 0.15) is 6.10 Å². The van der Waals surface area contributed by atoms with E-state index in [1.807, 2.05) is 23.0 Å². The van der Waals surface area contributed by atoms with Crippen LogP contribution in [0.15, 0.2) is 28.9 Å². The Labute approximate surface area is 128 Å². The minimum absolute atomic E-state index is 0.0498. The average molecular weight is 298 g/mol. The number of rotatable bonds is 3. The number of ether oxygens (including phenoxy) is 1. The second-order valence-electron chi connectivity index (χ2n) is 5.91. The van der Waals surface area contributed by atoms with Gasteiger partial charge >= 0.3 is 0 Å². The number of fused-ring (bicyclic) bond motifs is 1. The highest BCUT2D eigenvalue weighted by Gasteiger charge is 2.24. The molecule has 0 bridgehead atoms. The van der Waals surface area contributed by atoms with E-state index >= 15 is 0 Å². The zero-order valence-electron chi connectivity index (χ0n) is 12.7. The smallest absolute Gasteiger partial charge is 0.256 e. The predicted octanol–water partition coefficient (Wildman–Crippen LogP) is 3.52. The molecule has 0 spiro atoms. The molecule has 0 saturated carbocycles. The third-order valence-electron chi connectivity index (χ3n) is 3.99. The molecule has 0 amide bonds. The molecule has 1 atom stereocenters. The van der Waals surface area contributed by atoms with E-state index in [0.717, 1.165) is 35.9 Å². The summed E-state index contributed by atoms with van der Waals surface area (Å²) in [4.78, 5) is 4.50. The van der Waals surface area contributed by atoms with Crippen LogP contribution >= 0.6 is 0 Å². The van der Waals surface area contributed by atoms with E-state index in [0.29, 0.717) is 17.8 Å². The first-order valence-electron chi connectivity index (χ1n) is 7.65. The number of nitrogens with zero attached hydrogens (tertiary/aromatic N) is 4. The van der Waals surface area contributed by atoms with E-state index in [1.54, 1.807) is 0 Å². The van der Waals surface area contributed by atoms with Crippen molar-refractivity contribution in [2.45, 2.75) is 38.8 Å². The van der Waals surface area contributed by atoms with Gasteiger partial charge in [0.05, 0.1) is 11.7 Å². The fourth-order valence-electron chi connectivity index (χ4n) is 2.84. The zero-order chi connectivity index (χ0) is 15.1. The van der Waals surface area contributed by atoms with Crippen LogP contribution in [-0.2, 0) is 4.74 Å². The van der Waals surface area contributed by atoms with Gasteiger partial charge in [0.15, 0.2) is 0 Å². The van der Waals surface area contributed by atoms with Crippen molar-refractivity contribution < 1.29 is 9.26 Å². The van der Waals surface area contributed by atoms with Gasteiger partial charge in [0, 0.05) is 23.6 Å². The first-order chi connectivity index (χ1) is 10.7. The van der Waals surface area contributed by atoms with Crippen molar-refractivity contribution in [2.24, 2.45) is 0 Å². The molecule has 0 aliphatic carbocycles. The van der Waals surface area contributed by atoms with Crippen molar-refractivity contribution in [3.8, 4) is 11.4 Å². The van der Waals surface area contributed by atoms with Gasteiger partial charge in [0.2, 0.25) is 5.82 Å². The Morgan fingerprint density at radius 3 is 3.00 bits per heavy atom. The Bertz CT molecular complexity index is 799. The highest BCUT2D eigenvalue weighted by atomic mass is 16.5. The monoisotopic (exact) mass is 298 g/mol. The minimum Gasteiger partial charge on any atom is -0.368 e. The topological polar surface area (TPSA) is 66.0 Å². The summed E-state index contributed by atoms with van der Waals surface area (Å²) >= 11 is 0. The molecule has 1 fully saturated rings. The van der Waals surface area contributed by atoms with Crippen LogP contribution in [0.5, 0.6) is 0 Å². The summed E-state index contributed by atoms with van der Waals surface area (Å²) in [6.07, 6.45) is 3.82. The molecule has 1 aromatic carbocycles. The highest BCUT2D eigenvalue weighted by Crippen LogP contribution is 2.29. The molecular formula is C16H18N4O2. The van der Waals surface area contributed by atoms with E-state index in [1.165, 1.54) is 0 Å². The standard InChI is InChI=1S/C16H18N4O2/c1-10(2)20-13-8-11(5-6-12(13)9-17-20)15-18-16(22-19-15)14-4-3-7-21-14/h5-6,8-10,14H,3-4,7H2,1-2H3. The number of benzene rings is 1. The third kappa shape index (κ3) is 2.20. The first kappa shape index (κ1) is 13.5. The average Bonchev–Trinajstić information content (AvgIpc) is 3.25. The van der Waals surface area contributed by atoms with Crippen LogP contribution in [0.1, 0.15) is 44.7 Å². The molecule has 1 aliphatic rings. The molecule has 6 heteroatoms. The van der Waals surface area contributed by atoms with E-state index in [9.17, 15) is 0 Å². The van der Waals surface area contributed by atoms with Gasteiger partial charge in [-0.05, 0) is 32.8 Å². The summed E-state index contributed by atoms with van der Waals surface area (Å²) in [6, 6.07) is 6.41. The largest absolute Gasteiger partial charge is 0.368 e. The Hall–Kier alpha value is -2.21. The van der Waals surface area contributed by atoms with Gasteiger partial charge in [0.25, 0.3) is 5.89 Å². The lowest BCUT2D eigenvalue weighted by Gasteiger charge is -2.07. The van der Waals surface area contributed by atoms with Gasteiger partial charge in [-0.25, -0.2) is 0 Å². The lowest BCUT2D eigenvalue weighted by molar-refractivity contribution is 0.0835. The molecule has 1 aliphatic heterocycles. The van der Waals surface area contributed by atoms with E-state index < -0.39 is 0 Å². The molecule has 0 radical (unpaired) electrons. The van der Waals surface area contributed by atoms with Crippen LogP contribution < -0.4 is 0 Å². The third-order valence-corrected chi connectivity index (χ3v) is 3.99. The van der Waals surface area contributed by atoms with Crippen molar-refractivity contribution >= 4 is 10.9 Å². The second-order valence-corrected chi connectivity index (χ2v) is 5.91. The maximum atomic E-state index is 5.59. The lowest BCUT2D eigenvalue weighted by atomic mass is 10.1. The van der Waals surface area contributed by atoms with Crippen molar-refractivity contribution in [1.82, 2.24) is 19.9 Å². The molecule has 114 valence electrons. The van der Waals surface area contributed by atoms with Crippen molar-refractivity contribution in [3.63, 3.8) is 0 Å². The first-order valence-corrected chi connectivity index (χ1v) is 7.65. The second kappa shape index (κ2) is 5.21. The predicted molar refractivity (Wildman–Crippen MR) is 81.3 cm³/mol. The zero-order valence-corrected chi connectivity index (χ0v) is 12.7. The van der Waals surface area contributed by atoms with Gasteiger partial charge in [-0.15, -0.1) is 0 Å². The van der Waals surface area contributed by atoms with Crippen molar-refractivity contribution in [2.75, 3.05) is 6.61 Å². The Morgan fingerprint density at radius 1 is 1.32 bits per heavy atom. The van der Waals surface area contributed by atoms with Crippen LogP contribution in [0.2, 0.25) is 0 Å². The molecule has 1 saturated heterocycles. The highest BCUT2D eigenvalue weighted by molar-refractivity contribution is 5.83. The SMILES string of the molecule is CC(C)n1ncc2ccc(-c3noc(C4CCCO4)n3)cc21. The quantitative estimate of drug-likeness (QED) is 0.740. The molecule has 3 aromatic rings. The maximum absolute atomic E-state index is 5.59. The molecule has 22 heavy (non-hydrogen) atoms. The molecule has 6 nitrogen and oxygen atoms in total. The maximum Gasteiger partial charge on any atom is 0.256 e. The van der Waals surface area contributed by atoms with Gasteiger partial charge in [-0.2, -0.15) is 10.1 Å². The molecule has 4 rings (SSSR count). The number of hydrogen-bond donors (Lipinski definition) is 0. The summed E-state index contributed by atoms with van der Waals surface area (Å²) in [5, 5.41) is 9.64. The summed E-state index contributed by atoms with van der Waals surface area (Å²) in [5.74, 6) is 1.17. The van der Waals surface area contributed by atoms with Crippen LogP contribution in [0.4, 0.5) is 0 Å². The number of aromatic nitrogens is 4. The summed E-state index contributed by atoms with van der Waals surface area (Å²) in [5.41, 5.74) is 2.01. The molecule has 1 unspecified atom stereocenters. The Kier molecular flexibility index (Phi) is 3.18. The Balaban J connectivity index is 1.72. The van der Waals surface area contributed by atoms with E-state index in [4.69, 9.17) is 9.26 Å². The van der Waals surface area contributed by atoms with Crippen LogP contribution in [0.3, 0.4) is 0 Å². The van der Waals surface area contributed by atoms with Crippen molar-refractivity contribution in [1.29, 1.82) is 0 Å². The number of hydrogen-bond acceptors (Lipinski definition) is 5. The van der Waals surface area contributed by atoms with Crippen LogP contribution in [0.25, 0.3) is 22.3 Å². The molecule has 0 N–H and O–H groups in total. The molecular weight excluding hydrogens is 280 g/mol. The van der Waals surface area contributed by atoms with E-state index in [2.05, 4.69) is 35.2 Å². The molecule has 2 aromatic heterocycles. The fraction of sp³-hybridized carbons (Fsp3) is 0.438. The lowest BCUT2D eigenvalue weighted by Crippen LogP contribution is -2.01.